The Kier molecular flexibility index (Phi) is 7.00. The monoisotopic (exact) mass is 479 g/mol. The van der Waals surface area contributed by atoms with E-state index in [1.54, 1.807) is 0 Å². The second-order valence-corrected chi connectivity index (χ2v) is 11.9. The lowest BCUT2D eigenvalue weighted by Gasteiger charge is -2.41. The van der Waals surface area contributed by atoms with Gasteiger partial charge in [-0.3, -0.25) is 4.98 Å². The summed E-state index contributed by atoms with van der Waals surface area (Å²) in [7, 11) is 0. The molecule has 1 fully saturated rings. The summed E-state index contributed by atoms with van der Waals surface area (Å²) in [5.41, 5.74) is 7.83. The Labute approximate surface area is 210 Å². The molecule has 2 aromatic rings. The van der Waals surface area contributed by atoms with E-state index in [-0.39, 0.29) is 5.41 Å². The Balaban J connectivity index is 1.95. The van der Waals surface area contributed by atoms with Crippen molar-refractivity contribution in [2.45, 2.75) is 86.0 Å². The molecular weight excluding hydrogens is 438 g/mol. The molecule has 0 spiro atoms. The molecular formula is C29H41N3O3. The average Bonchev–Trinajstić information content (AvgIpc) is 2.76. The van der Waals surface area contributed by atoms with E-state index in [9.17, 15) is 9.90 Å². The first-order valence-corrected chi connectivity index (χ1v) is 12.9. The fourth-order valence-corrected chi connectivity index (χ4v) is 5.39. The molecule has 1 atom stereocenters. The van der Waals surface area contributed by atoms with Gasteiger partial charge in [-0.1, -0.05) is 32.0 Å². The predicted molar refractivity (Wildman–Crippen MR) is 141 cm³/mol. The SMILES string of the molecule is Cc1nc(C)c(C(OC(C)(C)C)C(=O)O)c(N2CCC(C)(C)CC2)c1-c1ccc2c(c1)CCNC2. The number of carbonyl (C=O) groups is 1. The van der Waals surface area contributed by atoms with Crippen LogP contribution in [0.15, 0.2) is 18.2 Å². The highest BCUT2D eigenvalue weighted by molar-refractivity contribution is 5.88. The Bertz CT molecular complexity index is 1110. The number of aromatic nitrogens is 1. The van der Waals surface area contributed by atoms with E-state index in [0.29, 0.717) is 5.56 Å². The zero-order valence-corrected chi connectivity index (χ0v) is 22.4. The van der Waals surface area contributed by atoms with E-state index in [2.05, 4.69) is 42.3 Å². The minimum Gasteiger partial charge on any atom is -0.479 e. The van der Waals surface area contributed by atoms with Crippen LogP contribution in [0.4, 0.5) is 5.69 Å². The van der Waals surface area contributed by atoms with Crippen LogP contribution >= 0.6 is 0 Å². The molecule has 3 heterocycles. The second-order valence-electron chi connectivity index (χ2n) is 11.9. The third-order valence-electron chi connectivity index (χ3n) is 7.35. The number of pyridine rings is 1. The predicted octanol–water partition coefficient (Wildman–Crippen LogP) is 5.58. The fraction of sp³-hybridized carbons (Fsp3) is 0.586. The Morgan fingerprint density at radius 3 is 2.46 bits per heavy atom. The number of aliphatic carboxylic acids is 1. The molecule has 35 heavy (non-hydrogen) atoms. The molecule has 0 radical (unpaired) electrons. The van der Waals surface area contributed by atoms with Gasteiger partial charge in [0.05, 0.1) is 11.3 Å². The Morgan fingerprint density at radius 1 is 1.14 bits per heavy atom. The molecule has 0 aliphatic carbocycles. The normalized spacial score (nSPS) is 18.8. The van der Waals surface area contributed by atoms with Gasteiger partial charge in [-0.2, -0.15) is 0 Å². The lowest BCUT2D eigenvalue weighted by molar-refractivity contribution is -0.160. The molecule has 0 saturated carbocycles. The van der Waals surface area contributed by atoms with E-state index >= 15 is 0 Å². The van der Waals surface area contributed by atoms with Crippen molar-refractivity contribution >= 4 is 11.7 Å². The minimum atomic E-state index is -1.09. The summed E-state index contributed by atoms with van der Waals surface area (Å²) in [6.45, 7) is 17.9. The largest absolute Gasteiger partial charge is 0.479 e. The van der Waals surface area contributed by atoms with Gasteiger partial charge in [-0.25, -0.2) is 4.79 Å². The first-order valence-electron chi connectivity index (χ1n) is 12.9. The number of piperidine rings is 1. The number of hydrogen-bond donors (Lipinski definition) is 2. The molecule has 4 rings (SSSR count). The van der Waals surface area contributed by atoms with Crippen LogP contribution in [0, 0.1) is 19.3 Å². The van der Waals surface area contributed by atoms with Crippen molar-refractivity contribution in [1.29, 1.82) is 0 Å². The number of carboxylic acid groups (broad SMARTS) is 1. The van der Waals surface area contributed by atoms with E-state index < -0.39 is 17.7 Å². The van der Waals surface area contributed by atoms with Crippen LogP contribution in [-0.4, -0.2) is 41.3 Å². The average molecular weight is 480 g/mol. The third kappa shape index (κ3) is 5.54. The molecule has 2 aliphatic heterocycles. The summed E-state index contributed by atoms with van der Waals surface area (Å²) in [4.78, 5) is 19.9. The zero-order chi connectivity index (χ0) is 25.5. The van der Waals surface area contributed by atoms with Crippen LogP contribution in [-0.2, 0) is 22.5 Å². The van der Waals surface area contributed by atoms with Gasteiger partial charge in [0.1, 0.15) is 0 Å². The van der Waals surface area contributed by atoms with Crippen molar-refractivity contribution in [3.8, 4) is 11.1 Å². The van der Waals surface area contributed by atoms with Crippen molar-refractivity contribution in [3.63, 3.8) is 0 Å². The number of anilines is 1. The molecule has 2 N–H and O–H groups in total. The lowest BCUT2D eigenvalue weighted by atomic mass is 9.81. The fourth-order valence-electron chi connectivity index (χ4n) is 5.39. The molecule has 190 valence electrons. The number of aryl methyl sites for hydroxylation is 2. The molecule has 6 heteroatoms. The van der Waals surface area contributed by atoms with Gasteiger partial charge >= 0.3 is 5.97 Å². The number of hydrogen-bond acceptors (Lipinski definition) is 5. The summed E-state index contributed by atoms with van der Waals surface area (Å²) >= 11 is 0. The number of rotatable bonds is 5. The zero-order valence-electron chi connectivity index (χ0n) is 22.4. The highest BCUT2D eigenvalue weighted by Gasteiger charge is 2.36. The first-order chi connectivity index (χ1) is 16.4. The Hall–Kier alpha value is -2.44. The molecule has 0 amide bonds. The van der Waals surface area contributed by atoms with E-state index in [4.69, 9.17) is 9.72 Å². The van der Waals surface area contributed by atoms with E-state index in [1.165, 1.54) is 11.1 Å². The molecule has 1 aromatic heterocycles. The number of benzene rings is 1. The quantitative estimate of drug-likeness (QED) is 0.583. The molecule has 2 aliphatic rings. The summed E-state index contributed by atoms with van der Waals surface area (Å²) in [5, 5.41) is 13.8. The van der Waals surface area contributed by atoms with Gasteiger partial charge < -0.3 is 20.1 Å². The minimum absolute atomic E-state index is 0.279. The van der Waals surface area contributed by atoms with Gasteiger partial charge in [0.2, 0.25) is 0 Å². The number of nitrogens with one attached hydrogen (secondary N) is 1. The maximum absolute atomic E-state index is 12.6. The van der Waals surface area contributed by atoms with Crippen LogP contribution in [0.5, 0.6) is 0 Å². The maximum atomic E-state index is 12.6. The highest BCUT2D eigenvalue weighted by Crippen LogP contribution is 2.45. The van der Waals surface area contributed by atoms with Crippen molar-refractivity contribution in [2.24, 2.45) is 5.41 Å². The molecule has 6 nitrogen and oxygen atoms in total. The van der Waals surface area contributed by atoms with Crippen molar-refractivity contribution in [1.82, 2.24) is 10.3 Å². The maximum Gasteiger partial charge on any atom is 0.337 e. The number of nitrogens with zero attached hydrogens (tertiary/aromatic N) is 2. The molecule has 1 saturated heterocycles. The summed E-state index contributed by atoms with van der Waals surface area (Å²) < 4.78 is 6.19. The Morgan fingerprint density at radius 2 is 1.83 bits per heavy atom. The van der Waals surface area contributed by atoms with Gasteiger partial charge in [0.15, 0.2) is 6.10 Å². The van der Waals surface area contributed by atoms with E-state index in [0.717, 1.165) is 73.6 Å². The van der Waals surface area contributed by atoms with Gasteiger partial charge in [-0.15, -0.1) is 0 Å². The standard InChI is InChI=1S/C29H41N3O3/c1-18-23(21-8-9-22-17-30-13-10-20(22)16-21)25(32-14-11-29(6,7)12-15-32)24(19(2)31-18)26(27(33)34)35-28(3,4)5/h8-9,16,26,30H,10-15,17H2,1-7H3,(H,33,34). The van der Waals surface area contributed by atoms with Crippen LogP contribution in [0.2, 0.25) is 0 Å². The smallest absolute Gasteiger partial charge is 0.337 e. The number of carboxylic acids is 1. The molecule has 1 aromatic carbocycles. The summed E-state index contributed by atoms with van der Waals surface area (Å²) in [6, 6.07) is 6.67. The van der Waals surface area contributed by atoms with E-state index in [1.807, 2.05) is 34.6 Å². The first kappa shape index (κ1) is 25.6. The van der Waals surface area contributed by atoms with Crippen LogP contribution in [0.25, 0.3) is 11.1 Å². The van der Waals surface area contributed by atoms with Gasteiger partial charge in [-0.05, 0) is 82.5 Å². The highest BCUT2D eigenvalue weighted by atomic mass is 16.5. The number of fused-ring (bicyclic) bond motifs is 1. The third-order valence-corrected chi connectivity index (χ3v) is 7.35. The lowest BCUT2D eigenvalue weighted by Crippen LogP contribution is -2.39. The summed E-state index contributed by atoms with van der Waals surface area (Å²) in [5.74, 6) is -0.977. The van der Waals surface area contributed by atoms with Crippen molar-refractivity contribution in [3.05, 3.63) is 46.3 Å². The van der Waals surface area contributed by atoms with Crippen LogP contribution < -0.4 is 10.2 Å². The molecule has 1 unspecified atom stereocenters. The van der Waals surface area contributed by atoms with Crippen LogP contribution in [0.1, 0.15) is 81.6 Å². The molecule has 0 bridgehead atoms. The van der Waals surface area contributed by atoms with Crippen molar-refractivity contribution < 1.29 is 14.6 Å². The van der Waals surface area contributed by atoms with Gasteiger partial charge in [0.25, 0.3) is 0 Å². The van der Waals surface area contributed by atoms with Crippen molar-refractivity contribution in [2.75, 3.05) is 24.5 Å². The topological polar surface area (TPSA) is 74.7 Å². The summed E-state index contributed by atoms with van der Waals surface area (Å²) in [6.07, 6.45) is 2.01. The number of ether oxygens (including phenoxy) is 1. The second kappa shape index (κ2) is 9.55. The van der Waals surface area contributed by atoms with Crippen LogP contribution in [0.3, 0.4) is 0 Å². The van der Waals surface area contributed by atoms with Gasteiger partial charge in [0, 0.05) is 42.1 Å².